The zero-order valence-electron chi connectivity index (χ0n) is 15.4. The second kappa shape index (κ2) is 6.54. The highest BCUT2D eigenvalue weighted by Crippen LogP contribution is 2.65. The molecular weight excluding hydrogens is 322 g/mol. The monoisotopic (exact) mass is 347 g/mol. The van der Waals surface area contributed by atoms with Crippen LogP contribution in [0.5, 0.6) is 0 Å². The molecule has 1 aliphatic carbocycles. The van der Waals surface area contributed by atoms with Crippen molar-refractivity contribution in [1.82, 2.24) is 0 Å². The van der Waals surface area contributed by atoms with Gasteiger partial charge < -0.3 is 9.47 Å². The molecule has 4 atom stereocenters. The van der Waals surface area contributed by atoms with E-state index in [4.69, 9.17) is 14.7 Å². The minimum Gasteiger partial charge on any atom is -0.342 e. The van der Waals surface area contributed by atoms with E-state index in [9.17, 15) is 0 Å². The molecule has 1 saturated carbocycles. The maximum atomic E-state index is 9.15. The summed E-state index contributed by atoms with van der Waals surface area (Å²) in [6.07, 6.45) is 4.46. The van der Waals surface area contributed by atoms with Crippen LogP contribution in [0.25, 0.3) is 0 Å². The molecule has 0 radical (unpaired) electrons. The molecule has 2 aromatic rings. The average molecular weight is 347 g/mol. The van der Waals surface area contributed by atoms with E-state index >= 15 is 0 Å². The number of hydrogen-bond donors (Lipinski definition) is 0. The van der Waals surface area contributed by atoms with Gasteiger partial charge in [0.1, 0.15) is 0 Å². The SMILES string of the molecule is CC[C@H](C)O[C@]1(c2ccc(C#N)cc2)O[C@H]2CCC[C@]21c1ccccc1. The molecular formula is C23H25NO2. The topological polar surface area (TPSA) is 42.2 Å². The lowest BCUT2D eigenvalue weighted by atomic mass is 9.63. The molecule has 1 aliphatic heterocycles. The van der Waals surface area contributed by atoms with Gasteiger partial charge in [-0.3, -0.25) is 0 Å². The molecule has 2 aromatic carbocycles. The first kappa shape index (κ1) is 17.3. The summed E-state index contributed by atoms with van der Waals surface area (Å²) in [4.78, 5) is 0. The number of hydrogen-bond acceptors (Lipinski definition) is 3. The molecule has 0 aromatic heterocycles. The largest absolute Gasteiger partial charge is 0.342 e. The van der Waals surface area contributed by atoms with Gasteiger partial charge in [-0.2, -0.15) is 5.26 Å². The Hall–Kier alpha value is -2.15. The predicted molar refractivity (Wildman–Crippen MR) is 101 cm³/mol. The van der Waals surface area contributed by atoms with Crippen LogP contribution in [0.3, 0.4) is 0 Å². The third-order valence-electron chi connectivity index (χ3n) is 6.11. The third-order valence-corrected chi connectivity index (χ3v) is 6.11. The van der Waals surface area contributed by atoms with Gasteiger partial charge >= 0.3 is 0 Å². The second-order valence-corrected chi connectivity index (χ2v) is 7.48. The van der Waals surface area contributed by atoms with E-state index in [-0.39, 0.29) is 17.6 Å². The molecule has 1 saturated heterocycles. The molecule has 0 N–H and O–H groups in total. The van der Waals surface area contributed by atoms with E-state index in [1.807, 2.05) is 24.3 Å². The lowest BCUT2D eigenvalue weighted by Gasteiger charge is -2.61. The van der Waals surface area contributed by atoms with Crippen molar-refractivity contribution in [1.29, 1.82) is 5.26 Å². The average Bonchev–Trinajstić information content (AvgIpc) is 3.05. The smallest absolute Gasteiger partial charge is 0.207 e. The predicted octanol–water partition coefficient (Wildman–Crippen LogP) is 5.05. The Kier molecular flexibility index (Phi) is 4.34. The molecule has 26 heavy (non-hydrogen) atoms. The number of benzene rings is 2. The Morgan fingerprint density at radius 1 is 1.15 bits per heavy atom. The summed E-state index contributed by atoms with van der Waals surface area (Å²) in [6.45, 7) is 4.24. The Labute approximate surface area is 155 Å². The zero-order chi connectivity index (χ0) is 18.2. The number of ether oxygens (including phenoxy) is 2. The van der Waals surface area contributed by atoms with Crippen molar-refractivity contribution >= 4 is 0 Å². The van der Waals surface area contributed by atoms with Gasteiger partial charge in [0.25, 0.3) is 0 Å². The highest BCUT2D eigenvalue weighted by Gasteiger charge is 2.71. The highest BCUT2D eigenvalue weighted by atomic mass is 16.7. The van der Waals surface area contributed by atoms with Gasteiger partial charge in [-0.05, 0) is 50.3 Å². The Morgan fingerprint density at radius 3 is 2.50 bits per heavy atom. The van der Waals surface area contributed by atoms with Crippen LogP contribution in [0.2, 0.25) is 0 Å². The van der Waals surface area contributed by atoms with E-state index in [0.717, 1.165) is 31.2 Å². The fraction of sp³-hybridized carbons (Fsp3) is 0.435. The van der Waals surface area contributed by atoms with E-state index in [1.54, 1.807) is 0 Å². The van der Waals surface area contributed by atoms with Crippen molar-refractivity contribution in [3.8, 4) is 6.07 Å². The summed E-state index contributed by atoms with van der Waals surface area (Å²) >= 11 is 0. The van der Waals surface area contributed by atoms with Gasteiger partial charge in [-0.1, -0.05) is 49.4 Å². The van der Waals surface area contributed by atoms with Crippen molar-refractivity contribution in [3.05, 3.63) is 71.3 Å². The molecule has 0 spiro atoms. The minimum atomic E-state index is -0.779. The summed E-state index contributed by atoms with van der Waals surface area (Å²) in [6, 6.07) is 20.6. The maximum Gasteiger partial charge on any atom is 0.207 e. The molecule has 3 heteroatoms. The molecule has 0 amide bonds. The highest BCUT2D eigenvalue weighted by molar-refractivity contribution is 5.43. The van der Waals surface area contributed by atoms with Gasteiger partial charge in [0, 0.05) is 5.56 Å². The first-order chi connectivity index (χ1) is 12.7. The summed E-state index contributed by atoms with van der Waals surface area (Å²) in [5.41, 5.74) is 2.80. The van der Waals surface area contributed by atoms with Crippen LogP contribution in [0.4, 0.5) is 0 Å². The molecule has 134 valence electrons. The number of nitriles is 1. The van der Waals surface area contributed by atoms with Crippen LogP contribution in [0.1, 0.15) is 56.2 Å². The van der Waals surface area contributed by atoms with Crippen LogP contribution in [-0.2, 0) is 20.7 Å². The summed E-state index contributed by atoms with van der Waals surface area (Å²) in [7, 11) is 0. The summed E-state index contributed by atoms with van der Waals surface area (Å²) < 4.78 is 13.2. The zero-order valence-corrected chi connectivity index (χ0v) is 15.4. The quantitative estimate of drug-likeness (QED) is 0.760. The molecule has 2 fully saturated rings. The molecule has 4 rings (SSSR count). The van der Waals surface area contributed by atoms with Crippen molar-refractivity contribution in [2.24, 2.45) is 0 Å². The number of fused-ring (bicyclic) bond motifs is 1. The first-order valence-corrected chi connectivity index (χ1v) is 9.58. The van der Waals surface area contributed by atoms with E-state index in [0.29, 0.717) is 5.56 Å². The summed E-state index contributed by atoms with van der Waals surface area (Å²) in [5, 5.41) is 9.15. The standard InChI is InChI=1S/C23H25NO2/c1-3-17(2)25-23(20-13-11-18(16-24)12-14-20)22(15-7-10-21(22)26-23)19-8-5-4-6-9-19/h4-6,8-9,11-14,17,21H,3,7,10,15H2,1-2H3/t17-,21-,22-,23+/m0/s1. The van der Waals surface area contributed by atoms with Gasteiger partial charge in [0.05, 0.1) is 29.3 Å². The Morgan fingerprint density at radius 2 is 1.88 bits per heavy atom. The van der Waals surface area contributed by atoms with Crippen LogP contribution in [-0.4, -0.2) is 12.2 Å². The molecule has 1 heterocycles. The molecule has 0 unspecified atom stereocenters. The van der Waals surface area contributed by atoms with Crippen LogP contribution < -0.4 is 0 Å². The van der Waals surface area contributed by atoms with Gasteiger partial charge in [-0.25, -0.2) is 0 Å². The van der Waals surface area contributed by atoms with Gasteiger partial charge in [0.2, 0.25) is 5.79 Å². The van der Waals surface area contributed by atoms with Crippen molar-refractivity contribution < 1.29 is 9.47 Å². The van der Waals surface area contributed by atoms with Crippen molar-refractivity contribution in [2.45, 2.75) is 62.9 Å². The lowest BCUT2D eigenvalue weighted by molar-refractivity contribution is -0.412. The Bertz CT molecular complexity index is 810. The molecule has 2 aliphatic rings. The lowest BCUT2D eigenvalue weighted by Crippen LogP contribution is -2.69. The fourth-order valence-electron chi connectivity index (χ4n) is 4.67. The van der Waals surface area contributed by atoms with Crippen molar-refractivity contribution in [2.75, 3.05) is 0 Å². The van der Waals surface area contributed by atoms with Gasteiger partial charge in [0.15, 0.2) is 0 Å². The van der Waals surface area contributed by atoms with E-state index < -0.39 is 5.79 Å². The minimum absolute atomic E-state index is 0.0905. The van der Waals surface area contributed by atoms with Crippen LogP contribution in [0.15, 0.2) is 54.6 Å². The molecule has 3 nitrogen and oxygen atoms in total. The third kappa shape index (κ3) is 2.33. The fourth-order valence-corrected chi connectivity index (χ4v) is 4.67. The second-order valence-electron chi connectivity index (χ2n) is 7.48. The number of nitrogens with zero attached hydrogens (tertiary/aromatic N) is 1. The van der Waals surface area contributed by atoms with Crippen LogP contribution in [0, 0.1) is 11.3 Å². The van der Waals surface area contributed by atoms with Gasteiger partial charge in [-0.15, -0.1) is 0 Å². The van der Waals surface area contributed by atoms with E-state index in [2.05, 4.69) is 50.2 Å². The normalized spacial score (nSPS) is 30.9. The van der Waals surface area contributed by atoms with Crippen LogP contribution >= 0.6 is 0 Å². The number of rotatable bonds is 5. The summed E-state index contributed by atoms with van der Waals surface area (Å²) in [5.74, 6) is -0.779. The van der Waals surface area contributed by atoms with Crippen molar-refractivity contribution in [3.63, 3.8) is 0 Å². The maximum absolute atomic E-state index is 9.15. The Balaban J connectivity index is 1.86. The molecule has 0 bridgehead atoms. The first-order valence-electron chi connectivity index (χ1n) is 9.58. The van der Waals surface area contributed by atoms with E-state index in [1.165, 1.54) is 5.56 Å².